The van der Waals surface area contributed by atoms with Crippen LogP contribution in [-0.2, 0) is 25.5 Å². The van der Waals surface area contributed by atoms with Gasteiger partial charge in [-0.2, -0.15) is 0 Å². The van der Waals surface area contributed by atoms with E-state index >= 15 is 0 Å². The second-order valence-electron chi connectivity index (χ2n) is 5.98. The van der Waals surface area contributed by atoms with Crippen LogP contribution in [0.1, 0.15) is 26.3 Å². The molecule has 0 aliphatic heterocycles. The first kappa shape index (κ1) is 22.1. The van der Waals surface area contributed by atoms with E-state index in [0.717, 1.165) is 0 Å². The second-order valence-corrected chi connectivity index (χ2v) is 6.83. The minimum atomic E-state index is -1.11. The van der Waals surface area contributed by atoms with Gasteiger partial charge in [-0.1, -0.05) is 37.0 Å². The van der Waals surface area contributed by atoms with Crippen molar-refractivity contribution in [1.29, 1.82) is 0 Å². The summed E-state index contributed by atoms with van der Waals surface area (Å²) < 4.78 is 9.90. The summed E-state index contributed by atoms with van der Waals surface area (Å²) in [6.07, 6.45) is -1.86. The lowest BCUT2D eigenvalue weighted by Crippen LogP contribution is -2.38. The molecule has 0 aromatic heterocycles. The van der Waals surface area contributed by atoms with Crippen LogP contribution >= 0.6 is 23.2 Å². The van der Waals surface area contributed by atoms with Crippen molar-refractivity contribution in [2.45, 2.75) is 33.5 Å². The molecule has 0 spiro atoms. The zero-order valence-corrected chi connectivity index (χ0v) is 16.1. The lowest BCUT2D eigenvalue weighted by atomic mass is 9.99. The molecule has 0 saturated carbocycles. The van der Waals surface area contributed by atoms with E-state index in [0.29, 0.717) is 15.6 Å². The first-order valence-electron chi connectivity index (χ1n) is 7.88. The Morgan fingerprint density at radius 2 is 1.85 bits per heavy atom. The fraction of sp³-hybridized carbons (Fsp3) is 0.471. The molecule has 1 aromatic rings. The number of hydrogen-bond acceptors (Lipinski definition) is 5. The van der Waals surface area contributed by atoms with E-state index in [2.05, 4.69) is 5.32 Å². The molecule has 7 nitrogen and oxygen atoms in total. The summed E-state index contributed by atoms with van der Waals surface area (Å²) >= 11 is 11.9. The minimum Gasteiger partial charge on any atom is -0.481 e. The van der Waals surface area contributed by atoms with E-state index in [-0.39, 0.29) is 18.9 Å². The fourth-order valence-corrected chi connectivity index (χ4v) is 2.41. The van der Waals surface area contributed by atoms with Gasteiger partial charge in [0.1, 0.15) is 0 Å². The molecule has 2 N–H and O–H groups in total. The number of carbonyl (C=O) groups is 3. The van der Waals surface area contributed by atoms with Gasteiger partial charge in [0.2, 0.25) is 0 Å². The highest BCUT2D eigenvalue weighted by Gasteiger charge is 2.24. The van der Waals surface area contributed by atoms with Crippen LogP contribution in [0.4, 0.5) is 4.79 Å². The molecule has 1 amide bonds. The number of aliphatic carboxylic acids is 1. The zero-order chi connectivity index (χ0) is 19.9. The molecule has 9 heteroatoms. The molecular weight excluding hydrogens is 385 g/mol. The number of esters is 1. The van der Waals surface area contributed by atoms with Crippen LogP contribution in [0.25, 0.3) is 0 Å². The molecule has 1 rings (SSSR count). The molecule has 0 bridgehead atoms. The maximum absolute atomic E-state index is 11.9. The van der Waals surface area contributed by atoms with Gasteiger partial charge in [0.25, 0.3) is 6.29 Å². The monoisotopic (exact) mass is 405 g/mol. The number of ether oxygens (including phenoxy) is 2. The first-order chi connectivity index (χ1) is 12.1. The van der Waals surface area contributed by atoms with Gasteiger partial charge in [-0.05, 0) is 30.2 Å². The largest absolute Gasteiger partial charge is 0.481 e. The second kappa shape index (κ2) is 10.2. The van der Waals surface area contributed by atoms with Crippen LogP contribution in [0.15, 0.2) is 18.2 Å². The van der Waals surface area contributed by atoms with Crippen molar-refractivity contribution in [3.8, 4) is 0 Å². The van der Waals surface area contributed by atoms with Gasteiger partial charge >= 0.3 is 18.0 Å². The lowest BCUT2D eigenvalue weighted by Gasteiger charge is -2.21. The van der Waals surface area contributed by atoms with Crippen LogP contribution in [0.5, 0.6) is 0 Å². The molecule has 1 aromatic carbocycles. The van der Waals surface area contributed by atoms with Crippen molar-refractivity contribution in [3.63, 3.8) is 0 Å². The third-order valence-electron chi connectivity index (χ3n) is 3.37. The quantitative estimate of drug-likeness (QED) is 0.506. The Morgan fingerprint density at radius 3 is 2.38 bits per heavy atom. The van der Waals surface area contributed by atoms with E-state index in [1.54, 1.807) is 32.0 Å². The molecule has 144 valence electrons. The van der Waals surface area contributed by atoms with Crippen LogP contribution < -0.4 is 5.32 Å². The fourth-order valence-electron chi connectivity index (χ4n) is 2.03. The third-order valence-corrected chi connectivity index (χ3v) is 3.97. The number of benzene rings is 1. The SMILES string of the molecule is CC(=O)O[C@H](OC(=O)NC[C@H](Cc1cc(Cl)ccc1Cl)C(=O)O)C(C)C. The van der Waals surface area contributed by atoms with E-state index < -0.39 is 30.2 Å². The summed E-state index contributed by atoms with van der Waals surface area (Å²) in [6, 6.07) is 4.75. The van der Waals surface area contributed by atoms with E-state index in [4.69, 9.17) is 32.7 Å². The molecular formula is C17H21Cl2NO6. The van der Waals surface area contributed by atoms with E-state index in [1.165, 1.54) is 6.92 Å². The van der Waals surface area contributed by atoms with Gasteiger partial charge in [-0.25, -0.2) is 4.79 Å². The van der Waals surface area contributed by atoms with Crippen molar-refractivity contribution < 1.29 is 29.0 Å². The summed E-state index contributed by atoms with van der Waals surface area (Å²) in [6.45, 7) is 4.43. The lowest BCUT2D eigenvalue weighted by molar-refractivity contribution is -0.172. The molecule has 0 saturated heterocycles. The van der Waals surface area contributed by atoms with Crippen molar-refractivity contribution in [3.05, 3.63) is 33.8 Å². The highest BCUT2D eigenvalue weighted by molar-refractivity contribution is 6.33. The minimum absolute atomic E-state index is 0.0760. The van der Waals surface area contributed by atoms with Crippen LogP contribution in [-0.4, -0.2) is 36.0 Å². The van der Waals surface area contributed by atoms with Gasteiger partial charge in [0, 0.05) is 29.4 Å². The topological polar surface area (TPSA) is 102 Å². The highest BCUT2D eigenvalue weighted by Crippen LogP contribution is 2.23. The Morgan fingerprint density at radius 1 is 1.19 bits per heavy atom. The van der Waals surface area contributed by atoms with Crippen molar-refractivity contribution in [1.82, 2.24) is 5.32 Å². The average Bonchev–Trinajstić information content (AvgIpc) is 2.53. The summed E-state index contributed by atoms with van der Waals surface area (Å²) in [4.78, 5) is 34.3. The predicted molar refractivity (Wildman–Crippen MR) is 96.2 cm³/mol. The maximum Gasteiger partial charge on any atom is 0.410 e. The predicted octanol–water partition coefficient (Wildman–Crippen LogP) is 3.51. The average molecular weight is 406 g/mol. The van der Waals surface area contributed by atoms with Crippen LogP contribution in [0, 0.1) is 11.8 Å². The van der Waals surface area contributed by atoms with Crippen LogP contribution in [0.2, 0.25) is 10.0 Å². The third kappa shape index (κ3) is 7.49. The number of nitrogens with one attached hydrogen (secondary N) is 1. The smallest absolute Gasteiger partial charge is 0.410 e. The van der Waals surface area contributed by atoms with Gasteiger partial charge in [-0.15, -0.1) is 0 Å². The summed E-state index contributed by atoms with van der Waals surface area (Å²) in [5.41, 5.74) is 0.557. The number of carbonyl (C=O) groups excluding carboxylic acids is 2. The summed E-state index contributed by atoms with van der Waals surface area (Å²) in [5.74, 6) is -2.90. The normalized spacial score (nSPS) is 13.0. The van der Waals surface area contributed by atoms with Crippen molar-refractivity contribution >= 4 is 41.2 Å². The van der Waals surface area contributed by atoms with E-state index in [9.17, 15) is 19.5 Å². The number of hydrogen-bond donors (Lipinski definition) is 2. The first-order valence-corrected chi connectivity index (χ1v) is 8.64. The maximum atomic E-state index is 11.9. The highest BCUT2D eigenvalue weighted by atomic mass is 35.5. The van der Waals surface area contributed by atoms with Gasteiger partial charge < -0.3 is 19.9 Å². The Bertz CT molecular complexity index is 665. The number of halogens is 2. The molecule has 0 fully saturated rings. The van der Waals surface area contributed by atoms with Gasteiger partial charge in [0.15, 0.2) is 0 Å². The standard InChI is InChI=1S/C17H21Cl2NO6/c1-9(2)16(25-10(3)21)26-17(24)20-8-12(15(22)23)6-11-7-13(18)4-5-14(11)19/h4-5,7,9,12,16H,6,8H2,1-3H3,(H,20,24)(H,22,23)/t12-,16+/m0/s1. The number of amides is 1. The van der Waals surface area contributed by atoms with Gasteiger partial charge in [-0.3, -0.25) is 9.59 Å². The van der Waals surface area contributed by atoms with Gasteiger partial charge in [0.05, 0.1) is 5.92 Å². The Labute approximate surface area is 161 Å². The molecule has 0 radical (unpaired) electrons. The Kier molecular flexibility index (Phi) is 8.68. The summed E-state index contributed by atoms with van der Waals surface area (Å²) in [5, 5.41) is 12.5. The molecule has 0 aliphatic rings. The Balaban J connectivity index is 2.68. The summed E-state index contributed by atoms with van der Waals surface area (Å²) in [7, 11) is 0. The Hall–Kier alpha value is -1.99. The number of carboxylic acid groups (broad SMARTS) is 1. The van der Waals surface area contributed by atoms with Crippen molar-refractivity contribution in [2.75, 3.05) is 6.54 Å². The molecule has 26 heavy (non-hydrogen) atoms. The van der Waals surface area contributed by atoms with E-state index in [1.807, 2.05) is 0 Å². The molecule has 0 heterocycles. The van der Waals surface area contributed by atoms with Crippen LogP contribution in [0.3, 0.4) is 0 Å². The number of alkyl carbamates (subject to hydrolysis) is 1. The molecule has 2 atom stereocenters. The number of rotatable bonds is 8. The molecule has 0 unspecified atom stereocenters. The van der Waals surface area contributed by atoms with Crippen molar-refractivity contribution in [2.24, 2.45) is 11.8 Å². The molecule has 0 aliphatic carbocycles. The zero-order valence-electron chi connectivity index (χ0n) is 14.6. The number of carboxylic acids is 1.